The molecule has 0 N–H and O–H groups in total. The predicted octanol–water partition coefficient (Wildman–Crippen LogP) is 11.6. The smallest absolute Gasteiger partial charge is 0.128 e. The minimum absolute atomic E-state index is 0.120. The second-order valence-corrected chi connectivity index (χ2v) is 14.5. The van der Waals surface area contributed by atoms with Gasteiger partial charge in [0.05, 0.1) is 48.1 Å². The van der Waals surface area contributed by atoms with Crippen molar-refractivity contribution >= 4 is 22.8 Å². The summed E-state index contributed by atoms with van der Waals surface area (Å²) in [5.41, 5.74) is 11.4. The average Bonchev–Trinajstić information content (AvgIpc) is 3.88. The van der Waals surface area contributed by atoms with E-state index in [0.717, 1.165) is 77.5 Å². The van der Waals surface area contributed by atoms with Crippen LogP contribution in [-0.4, -0.2) is 24.6 Å². The van der Waals surface area contributed by atoms with Crippen LogP contribution in [0.1, 0.15) is 77.6 Å². The molecule has 6 aromatic carbocycles. The lowest BCUT2D eigenvalue weighted by molar-refractivity contribution is 0.279. The monoisotopic (exact) mass is 724 g/mol. The van der Waals surface area contributed by atoms with E-state index in [2.05, 4.69) is 157 Å². The quantitative estimate of drug-likeness (QED) is 0.105. The Morgan fingerprint density at radius 1 is 0.455 bits per heavy atom. The highest BCUT2D eigenvalue weighted by Crippen LogP contribution is 2.40. The van der Waals surface area contributed by atoms with E-state index in [1.807, 2.05) is 24.3 Å². The first-order valence-corrected chi connectivity index (χ1v) is 19.5. The first kappa shape index (κ1) is 35.9. The Morgan fingerprint density at radius 3 is 1.25 bits per heavy atom. The molecule has 0 bridgehead atoms. The minimum atomic E-state index is 0.120. The Kier molecular flexibility index (Phi) is 11.0. The SMILES string of the molecule is Cc1ccc(C2CC(c3ccccc3OCCCCCOc3ccccc3C3=NN(c4ccccc4)C(c4ccc(C)cc4)C3)=NN2c2ccccc2)cc1. The molecule has 0 fully saturated rings. The lowest BCUT2D eigenvalue weighted by Crippen LogP contribution is -2.18. The molecule has 0 aromatic heterocycles. The Morgan fingerprint density at radius 2 is 0.836 bits per heavy atom. The van der Waals surface area contributed by atoms with E-state index in [0.29, 0.717) is 13.2 Å². The van der Waals surface area contributed by atoms with Crippen molar-refractivity contribution in [1.82, 2.24) is 0 Å². The summed E-state index contributed by atoms with van der Waals surface area (Å²) in [7, 11) is 0. The van der Waals surface area contributed by atoms with Crippen LogP contribution in [-0.2, 0) is 0 Å². The highest BCUT2D eigenvalue weighted by Gasteiger charge is 2.32. The first-order chi connectivity index (χ1) is 27.1. The van der Waals surface area contributed by atoms with Crippen LogP contribution in [0.5, 0.6) is 11.5 Å². The van der Waals surface area contributed by atoms with Crippen LogP contribution in [0.25, 0.3) is 0 Å². The summed E-state index contributed by atoms with van der Waals surface area (Å²) in [6.45, 7) is 5.53. The Bertz CT molecular complexity index is 2070. The van der Waals surface area contributed by atoms with Crippen LogP contribution in [0.2, 0.25) is 0 Å². The largest absolute Gasteiger partial charge is 0.493 e. The molecule has 8 rings (SSSR count). The second-order valence-electron chi connectivity index (χ2n) is 14.5. The molecule has 6 aromatic rings. The number of rotatable bonds is 14. The normalized spacial score (nSPS) is 16.5. The molecular formula is C49H48N4O2. The van der Waals surface area contributed by atoms with Gasteiger partial charge in [-0.1, -0.05) is 120 Å². The molecule has 2 atom stereocenters. The molecule has 0 aliphatic carbocycles. The van der Waals surface area contributed by atoms with Gasteiger partial charge in [0, 0.05) is 24.0 Å². The molecule has 0 saturated heterocycles. The van der Waals surface area contributed by atoms with Gasteiger partial charge in [0.25, 0.3) is 0 Å². The number of unbranched alkanes of at least 4 members (excludes halogenated alkanes) is 2. The Labute approximate surface area is 325 Å². The number of para-hydroxylation sites is 4. The number of hydrazone groups is 2. The maximum atomic E-state index is 6.44. The third-order valence-corrected chi connectivity index (χ3v) is 10.5. The van der Waals surface area contributed by atoms with Crippen molar-refractivity contribution in [2.24, 2.45) is 10.2 Å². The summed E-state index contributed by atoms with van der Waals surface area (Å²) in [4.78, 5) is 0. The van der Waals surface area contributed by atoms with Gasteiger partial charge in [-0.25, -0.2) is 0 Å². The van der Waals surface area contributed by atoms with Crippen LogP contribution < -0.4 is 19.5 Å². The van der Waals surface area contributed by atoms with Crippen LogP contribution in [0.15, 0.2) is 168 Å². The van der Waals surface area contributed by atoms with Crippen molar-refractivity contribution in [3.63, 3.8) is 0 Å². The number of aryl methyl sites for hydroxylation is 2. The van der Waals surface area contributed by atoms with E-state index in [9.17, 15) is 0 Å². The van der Waals surface area contributed by atoms with E-state index < -0.39 is 0 Å². The standard InChI is InChI=1S/C49H48N4O2/c1-36-24-28-38(29-25-36)46-34-44(50-52(46)40-16-6-3-7-17-40)42-20-10-12-22-48(42)54-32-14-5-15-33-55-49-23-13-11-21-43(49)45-35-47(39-30-26-37(2)27-31-39)53(51-45)41-18-8-4-9-19-41/h3-4,6-13,16-31,46-47H,5,14-15,32-35H2,1-2H3. The molecule has 2 aliphatic rings. The summed E-state index contributed by atoms with van der Waals surface area (Å²) in [5, 5.41) is 14.7. The van der Waals surface area contributed by atoms with Crippen molar-refractivity contribution in [1.29, 1.82) is 0 Å². The van der Waals surface area contributed by atoms with Gasteiger partial charge in [0.2, 0.25) is 0 Å². The molecule has 2 unspecified atom stereocenters. The maximum absolute atomic E-state index is 6.44. The average molecular weight is 725 g/mol. The molecule has 0 amide bonds. The maximum Gasteiger partial charge on any atom is 0.128 e. The summed E-state index contributed by atoms with van der Waals surface area (Å²) in [6, 6.07) is 55.4. The molecule has 276 valence electrons. The molecule has 6 nitrogen and oxygen atoms in total. The Hall–Kier alpha value is -6.14. The number of anilines is 2. The van der Waals surface area contributed by atoms with Crippen molar-refractivity contribution < 1.29 is 9.47 Å². The number of nitrogens with zero attached hydrogens (tertiary/aromatic N) is 4. The first-order valence-electron chi connectivity index (χ1n) is 19.5. The van der Waals surface area contributed by atoms with Crippen LogP contribution in [0.4, 0.5) is 11.4 Å². The molecule has 0 radical (unpaired) electrons. The van der Waals surface area contributed by atoms with E-state index in [4.69, 9.17) is 19.7 Å². The van der Waals surface area contributed by atoms with Crippen molar-refractivity contribution in [3.05, 3.63) is 191 Å². The van der Waals surface area contributed by atoms with Gasteiger partial charge in [-0.2, -0.15) is 10.2 Å². The predicted molar refractivity (Wildman–Crippen MR) is 226 cm³/mol. The lowest BCUT2D eigenvalue weighted by Gasteiger charge is -2.24. The third kappa shape index (κ3) is 8.34. The topological polar surface area (TPSA) is 49.7 Å². The van der Waals surface area contributed by atoms with Gasteiger partial charge < -0.3 is 9.47 Å². The summed E-state index contributed by atoms with van der Waals surface area (Å²) in [5.74, 6) is 1.77. The molecule has 2 heterocycles. The molecule has 55 heavy (non-hydrogen) atoms. The summed E-state index contributed by atoms with van der Waals surface area (Å²) >= 11 is 0. The number of hydrogen-bond acceptors (Lipinski definition) is 6. The van der Waals surface area contributed by atoms with Gasteiger partial charge in [0.15, 0.2) is 0 Å². The van der Waals surface area contributed by atoms with Crippen LogP contribution >= 0.6 is 0 Å². The van der Waals surface area contributed by atoms with Gasteiger partial charge >= 0.3 is 0 Å². The van der Waals surface area contributed by atoms with Gasteiger partial charge in [-0.05, 0) is 92.8 Å². The summed E-state index contributed by atoms with van der Waals surface area (Å²) < 4.78 is 12.9. The van der Waals surface area contributed by atoms with Crippen LogP contribution in [0.3, 0.4) is 0 Å². The highest BCUT2D eigenvalue weighted by atomic mass is 16.5. The highest BCUT2D eigenvalue weighted by molar-refractivity contribution is 6.06. The zero-order valence-corrected chi connectivity index (χ0v) is 31.7. The van der Waals surface area contributed by atoms with Gasteiger partial charge in [-0.3, -0.25) is 10.0 Å². The van der Waals surface area contributed by atoms with Crippen molar-refractivity contribution in [2.75, 3.05) is 23.2 Å². The fourth-order valence-corrected chi connectivity index (χ4v) is 7.49. The summed E-state index contributed by atoms with van der Waals surface area (Å²) in [6.07, 6.45) is 4.48. The second kappa shape index (κ2) is 16.9. The molecule has 0 saturated carbocycles. The molecular weight excluding hydrogens is 677 g/mol. The number of benzene rings is 6. The van der Waals surface area contributed by atoms with Crippen molar-refractivity contribution in [2.45, 2.75) is 58.0 Å². The number of hydrogen-bond donors (Lipinski definition) is 0. The molecule has 0 spiro atoms. The minimum Gasteiger partial charge on any atom is -0.493 e. The van der Waals surface area contributed by atoms with E-state index in [1.165, 1.54) is 22.3 Å². The fourth-order valence-electron chi connectivity index (χ4n) is 7.49. The van der Waals surface area contributed by atoms with Gasteiger partial charge in [-0.15, -0.1) is 0 Å². The molecule has 6 heteroatoms. The van der Waals surface area contributed by atoms with E-state index >= 15 is 0 Å². The fraction of sp³-hybridized carbons (Fsp3) is 0.224. The third-order valence-electron chi connectivity index (χ3n) is 10.5. The Balaban J connectivity index is 0.877. The number of ether oxygens (including phenoxy) is 2. The van der Waals surface area contributed by atoms with E-state index in [-0.39, 0.29) is 12.1 Å². The van der Waals surface area contributed by atoms with Gasteiger partial charge in [0.1, 0.15) is 11.5 Å². The molecule has 2 aliphatic heterocycles. The van der Waals surface area contributed by atoms with E-state index in [1.54, 1.807) is 0 Å². The van der Waals surface area contributed by atoms with Crippen LogP contribution in [0, 0.1) is 13.8 Å². The van der Waals surface area contributed by atoms with Crippen molar-refractivity contribution in [3.8, 4) is 11.5 Å². The zero-order valence-electron chi connectivity index (χ0n) is 31.7. The lowest BCUT2D eigenvalue weighted by atomic mass is 9.97. The zero-order chi connectivity index (χ0) is 37.4.